The van der Waals surface area contributed by atoms with Gasteiger partial charge in [-0.25, -0.2) is 4.79 Å². The van der Waals surface area contributed by atoms with Crippen LogP contribution in [0.5, 0.6) is 0 Å². The van der Waals surface area contributed by atoms with E-state index in [1.807, 2.05) is 6.92 Å². The zero-order valence-corrected chi connectivity index (χ0v) is 28.0. The summed E-state index contributed by atoms with van der Waals surface area (Å²) >= 11 is 0. The van der Waals surface area contributed by atoms with Crippen molar-refractivity contribution in [3.8, 4) is 0 Å². The first-order valence-corrected chi connectivity index (χ1v) is 15.9. The van der Waals surface area contributed by atoms with E-state index in [9.17, 15) is 28.8 Å². The van der Waals surface area contributed by atoms with Gasteiger partial charge in [-0.15, -0.1) is 0 Å². The summed E-state index contributed by atoms with van der Waals surface area (Å²) in [4.78, 5) is 77.5. The molecule has 0 unspecified atom stereocenters. The molecule has 0 amide bonds. The summed E-state index contributed by atoms with van der Waals surface area (Å²) in [6.07, 6.45) is -4.23. The molecule has 256 valence electrons. The molecular weight excluding hydrogens is 604 g/mol. The summed E-state index contributed by atoms with van der Waals surface area (Å²) in [5.41, 5.74) is -3.89. The lowest BCUT2D eigenvalue weighted by atomic mass is 9.52. The van der Waals surface area contributed by atoms with Gasteiger partial charge in [-0.3, -0.25) is 24.0 Å². The molecule has 2 aliphatic carbocycles. The van der Waals surface area contributed by atoms with Gasteiger partial charge in [0.2, 0.25) is 0 Å². The van der Waals surface area contributed by atoms with E-state index in [0.29, 0.717) is 12.0 Å². The zero-order chi connectivity index (χ0) is 34.4. The van der Waals surface area contributed by atoms with Crippen LogP contribution in [0.1, 0.15) is 94.4 Å². The van der Waals surface area contributed by atoms with Crippen LogP contribution in [0, 0.1) is 17.3 Å². The molecule has 46 heavy (non-hydrogen) atoms. The summed E-state index contributed by atoms with van der Waals surface area (Å²) in [6.45, 7) is 13.9. The number of hydrogen-bond acceptors (Lipinski definition) is 13. The summed E-state index contributed by atoms with van der Waals surface area (Å²) < 4.78 is 42.2. The molecular formula is C33H46O13. The summed E-state index contributed by atoms with van der Waals surface area (Å²) in [6, 6.07) is 0. The fourth-order valence-electron chi connectivity index (χ4n) is 7.93. The lowest BCUT2D eigenvalue weighted by molar-refractivity contribution is -0.248. The lowest BCUT2D eigenvalue weighted by Gasteiger charge is -2.57. The normalized spacial score (nSPS) is 40.7. The SMILES string of the molecule is CCCC(=O)O[C@H]1C/C(C)=C\[C@@H]2OC(=O)[C@]3(C)O[C@]23[C@H](OC(C)=O)[C@H]2[C@@H](C)[C@@H](OC(=O)CC)C[C@H](OC(C)=O)[C@]2(C)[C@H]1OC(C)=O. The molecule has 2 saturated heterocycles. The molecule has 2 heterocycles. The first kappa shape index (κ1) is 35.4. The molecule has 0 N–H and O–H groups in total. The van der Waals surface area contributed by atoms with Crippen molar-refractivity contribution in [2.75, 3.05) is 0 Å². The second-order valence-electron chi connectivity index (χ2n) is 13.3. The minimum absolute atomic E-state index is 0.00151. The largest absolute Gasteiger partial charge is 0.462 e. The van der Waals surface area contributed by atoms with Crippen molar-refractivity contribution in [1.29, 1.82) is 0 Å². The zero-order valence-electron chi connectivity index (χ0n) is 28.0. The van der Waals surface area contributed by atoms with E-state index in [1.165, 1.54) is 20.8 Å². The Morgan fingerprint density at radius 1 is 0.870 bits per heavy atom. The Bertz CT molecular complexity index is 1310. The highest BCUT2D eigenvalue weighted by atomic mass is 16.7. The predicted molar refractivity (Wildman–Crippen MR) is 157 cm³/mol. The van der Waals surface area contributed by atoms with Gasteiger partial charge in [0.25, 0.3) is 0 Å². The Morgan fingerprint density at radius 3 is 2.00 bits per heavy atom. The molecule has 11 atom stereocenters. The van der Waals surface area contributed by atoms with Crippen molar-refractivity contribution >= 4 is 35.8 Å². The number of rotatable bonds is 8. The first-order valence-electron chi connectivity index (χ1n) is 15.9. The second kappa shape index (κ2) is 13.0. The molecule has 0 aromatic heterocycles. The number of esters is 6. The predicted octanol–water partition coefficient (Wildman–Crippen LogP) is 3.28. The third kappa shape index (κ3) is 6.02. The van der Waals surface area contributed by atoms with Gasteiger partial charge in [-0.05, 0) is 26.3 Å². The van der Waals surface area contributed by atoms with Crippen molar-refractivity contribution in [1.82, 2.24) is 0 Å². The molecule has 4 aliphatic rings. The minimum Gasteiger partial charge on any atom is -0.462 e. The smallest absolute Gasteiger partial charge is 0.342 e. The molecule has 1 spiro atoms. The van der Waals surface area contributed by atoms with Gasteiger partial charge in [-0.1, -0.05) is 33.3 Å². The quantitative estimate of drug-likeness (QED) is 0.162. The molecule has 1 saturated carbocycles. The topological polar surface area (TPSA) is 170 Å². The summed E-state index contributed by atoms with van der Waals surface area (Å²) in [5, 5.41) is 0. The average Bonchev–Trinajstić information content (AvgIpc) is 3.53. The van der Waals surface area contributed by atoms with E-state index in [-0.39, 0.29) is 25.7 Å². The highest BCUT2D eigenvalue weighted by molar-refractivity contribution is 5.89. The fraction of sp³-hybridized carbons (Fsp3) is 0.758. The molecule has 13 heteroatoms. The Hall–Kier alpha value is -3.48. The van der Waals surface area contributed by atoms with Crippen molar-refractivity contribution in [2.24, 2.45) is 17.3 Å². The van der Waals surface area contributed by atoms with Crippen LogP contribution in [0.15, 0.2) is 11.6 Å². The van der Waals surface area contributed by atoms with E-state index in [1.54, 1.807) is 40.7 Å². The van der Waals surface area contributed by atoms with Crippen LogP contribution < -0.4 is 0 Å². The molecule has 0 aromatic rings. The van der Waals surface area contributed by atoms with E-state index in [2.05, 4.69) is 0 Å². The Labute approximate surface area is 268 Å². The Balaban J connectivity index is 2.07. The van der Waals surface area contributed by atoms with E-state index in [4.69, 9.17) is 33.2 Å². The van der Waals surface area contributed by atoms with Crippen LogP contribution in [-0.2, 0) is 61.9 Å². The third-order valence-corrected chi connectivity index (χ3v) is 10.00. The molecule has 0 aromatic carbocycles. The maximum atomic E-state index is 13.3. The average molecular weight is 651 g/mol. The van der Waals surface area contributed by atoms with Crippen LogP contribution in [0.4, 0.5) is 0 Å². The number of carbonyl (C=O) groups is 6. The first-order chi connectivity index (χ1) is 21.5. The maximum Gasteiger partial charge on any atom is 0.342 e. The van der Waals surface area contributed by atoms with Crippen LogP contribution in [-0.4, -0.2) is 83.6 Å². The summed E-state index contributed by atoms with van der Waals surface area (Å²) in [5.74, 6) is -5.39. The minimum atomic E-state index is -1.53. The third-order valence-electron chi connectivity index (χ3n) is 10.00. The van der Waals surface area contributed by atoms with E-state index in [0.717, 1.165) is 0 Å². The molecule has 0 radical (unpaired) electrons. The second-order valence-corrected chi connectivity index (χ2v) is 13.3. The van der Waals surface area contributed by atoms with Crippen LogP contribution in [0.25, 0.3) is 0 Å². The summed E-state index contributed by atoms with van der Waals surface area (Å²) in [7, 11) is 0. The van der Waals surface area contributed by atoms with Gasteiger partial charge < -0.3 is 33.2 Å². The Kier molecular flexibility index (Phi) is 9.97. The monoisotopic (exact) mass is 650 g/mol. The van der Waals surface area contributed by atoms with Crippen LogP contribution in [0.3, 0.4) is 0 Å². The van der Waals surface area contributed by atoms with Crippen molar-refractivity contribution in [3.05, 3.63) is 11.6 Å². The maximum absolute atomic E-state index is 13.3. The van der Waals surface area contributed by atoms with Crippen LogP contribution in [0.2, 0.25) is 0 Å². The number of carbonyl (C=O) groups excluding carboxylic acids is 6. The van der Waals surface area contributed by atoms with Gasteiger partial charge in [0.15, 0.2) is 17.3 Å². The Morgan fingerprint density at radius 2 is 1.46 bits per heavy atom. The number of ether oxygens (including phenoxy) is 7. The van der Waals surface area contributed by atoms with Gasteiger partial charge in [0.05, 0.1) is 5.41 Å². The highest BCUT2D eigenvalue weighted by Gasteiger charge is 2.87. The van der Waals surface area contributed by atoms with E-state index >= 15 is 0 Å². The van der Waals surface area contributed by atoms with Gasteiger partial charge >= 0.3 is 35.8 Å². The fourth-order valence-corrected chi connectivity index (χ4v) is 7.93. The standard InChI is InChI=1S/C33H46O13/c1-10-12-26(38)44-22-13-16(3)14-24-33(32(9,46-33)30(39)45-24)29(42-20(7)36)27-17(4)21(43-25(37)11-2)15-23(40-18(5)34)31(27,8)28(22)41-19(6)35/h14,17,21-24,27-29H,10-13,15H2,1-9H3/b16-14-/t17-,21-,22-,23-,24-,27+,28-,29+,31-,32-,33-/m0/s1. The van der Waals surface area contributed by atoms with Crippen molar-refractivity contribution in [2.45, 2.75) is 142 Å². The van der Waals surface area contributed by atoms with Crippen molar-refractivity contribution in [3.63, 3.8) is 0 Å². The number of fused-ring (bicyclic) bond motifs is 1. The van der Waals surface area contributed by atoms with Crippen molar-refractivity contribution < 1.29 is 61.9 Å². The van der Waals surface area contributed by atoms with Gasteiger partial charge in [-0.2, -0.15) is 0 Å². The molecule has 3 fully saturated rings. The molecule has 0 bridgehead atoms. The molecule has 4 rings (SSSR count). The molecule has 13 nitrogen and oxygen atoms in total. The lowest BCUT2D eigenvalue weighted by Crippen LogP contribution is -2.68. The molecule has 2 aliphatic heterocycles. The van der Waals surface area contributed by atoms with Gasteiger partial charge in [0.1, 0.15) is 30.5 Å². The van der Waals surface area contributed by atoms with Crippen LogP contribution >= 0.6 is 0 Å². The number of hydrogen-bond donors (Lipinski definition) is 0. The number of epoxide rings is 1. The van der Waals surface area contributed by atoms with E-state index < -0.39 is 101 Å². The highest BCUT2D eigenvalue weighted by Crippen LogP contribution is 2.66. The van der Waals surface area contributed by atoms with Gasteiger partial charge in [0, 0.05) is 58.3 Å².